The molecule has 1 heterocycles. The first kappa shape index (κ1) is 18.1. The molecule has 1 aromatic rings. The van der Waals surface area contributed by atoms with E-state index in [1.165, 1.54) is 0 Å². The Bertz CT molecular complexity index is 904. The van der Waals surface area contributed by atoms with E-state index in [0.717, 1.165) is 24.3 Å². The summed E-state index contributed by atoms with van der Waals surface area (Å²) >= 11 is 0. The molecule has 4 rings (SSSR count). The first-order valence-corrected chi connectivity index (χ1v) is 9.72. The van der Waals surface area contributed by atoms with E-state index in [0.29, 0.717) is 24.0 Å². The van der Waals surface area contributed by atoms with Crippen molar-refractivity contribution in [3.05, 3.63) is 41.1 Å². The van der Waals surface area contributed by atoms with Crippen molar-refractivity contribution in [3.8, 4) is 5.75 Å². The molecule has 1 fully saturated rings. The number of ketones is 2. The van der Waals surface area contributed by atoms with Crippen molar-refractivity contribution in [2.75, 3.05) is 0 Å². The van der Waals surface area contributed by atoms with Crippen molar-refractivity contribution in [2.24, 2.45) is 21.7 Å². The maximum absolute atomic E-state index is 13.2. The van der Waals surface area contributed by atoms with E-state index in [4.69, 9.17) is 4.99 Å². The summed E-state index contributed by atoms with van der Waals surface area (Å²) in [5, 5.41) is 10.5. The molecule has 1 N–H and O–H groups in total. The number of aliphatic imine (C=N–C) groups is 1. The summed E-state index contributed by atoms with van der Waals surface area (Å²) in [4.78, 5) is 31.2. The largest absolute Gasteiger partial charge is 0.508 e. The Morgan fingerprint density at radius 1 is 0.926 bits per heavy atom. The van der Waals surface area contributed by atoms with Crippen molar-refractivity contribution >= 4 is 17.3 Å². The summed E-state index contributed by atoms with van der Waals surface area (Å²) < 4.78 is 0. The number of carbonyl (C=O) groups is 2. The lowest BCUT2D eigenvalue weighted by Gasteiger charge is -2.44. The third kappa shape index (κ3) is 3.05. The highest BCUT2D eigenvalue weighted by Crippen LogP contribution is 2.52. The van der Waals surface area contributed by atoms with Crippen molar-refractivity contribution in [1.82, 2.24) is 0 Å². The lowest BCUT2D eigenvalue weighted by molar-refractivity contribution is -0.124. The number of para-hydroxylation sites is 1. The van der Waals surface area contributed by atoms with Gasteiger partial charge in [-0.1, -0.05) is 45.9 Å². The van der Waals surface area contributed by atoms with E-state index >= 15 is 0 Å². The summed E-state index contributed by atoms with van der Waals surface area (Å²) in [5.41, 5.74) is 2.77. The van der Waals surface area contributed by atoms with Crippen LogP contribution in [0, 0.1) is 16.7 Å². The van der Waals surface area contributed by atoms with Crippen LogP contribution in [0.3, 0.4) is 0 Å². The Hall–Kier alpha value is -2.23. The Kier molecular flexibility index (Phi) is 3.95. The van der Waals surface area contributed by atoms with Gasteiger partial charge in [0.2, 0.25) is 0 Å². The topological polar surface area (TPSA) is 66.7 Å². The molecule has 0 saturated heterocycles. The molecule has 0 bridgehead atoms. The molecule has 0 spiro atoms. The highest BCUT2D eigenvalue weighted by Gasteiger charge is 2.50. The number of phenolic OH excluding ortho intramolecular Hbond substituents is 1. The minimum Gasteiger partial charge on any atom is -0.508 e. The van der Waals surface area contributed by atoms with Gasteiger partial charge in [-0.2, -0.15) is 0 Å². The monoisotopic (exact) mass is 365 g/mol. The van der Waals surface area contributed by atoms with Gasteiger partial charge in [0.25, 0.3) is 0 Å². The number of fused-ring (bicyclic) bond motifs is 1. The molecule has 2 atom stereocenters. The van der Waals surface area contributed by atoms with Gasteiger partial charge in [-0.25, -0.2) is 0 Å². The summed E-state index contributed by atoms with van der Waals surface area (Å²) in [6.07, 6.45) is 2.40. The summed E-state index contributed by atoms with van der Waals surface area (Å²) in [6, 6.07) is 7.10. The Morgan fingerprint density at radius 3 is 2.30 bits per heavy atom. The molecule has 4 nitrogen and oxygen atoms in total. The maximum Gasteiger partial charge on any atom is 0.161 e. The van der Waals surface area contributed by atoms with E-state index in [1.54, 1.807) is 12.1 Å². The van der Waals surface area contributed by atoms with Crippen molar-refractivity contribution < 1.29 is 14.7 Å². The number of carbonyl (C=O) groups excluding carboxylic acids is 2. The van der Waals surface area contributed by atoms with Crippen LogP contribution in [0.1, 0.15) is 64.9 Å². The second kappa shape index (κ2) is 5.88. The second-order valence-corrected chi connectivity index (χ2v) is 9.90. The Balaban J connectivity index is 1.94. The zero-order valence-corrected chi connectivity index (χ0v) is 16.5. The number of Topliss-reactive ketones (excluding diaryl/α,β-unsaturated/α-hetero) is 2. The normalized spacial score (nSPS) is 29.1. The Morgan fingerprint density at radius 2 is 1.59 bits per heavy atom. The molecular weight excluding hydrogens is 338 g/mol. The van der Waals surface area contributed by atoms with E-state index in [2.05, 4.69) is 27.7 Å². The lowest BCUT2D eigenvalue weighted by atomic mass is 9.60. The number of phenols is 1. The molecule has 27 heavy (non-hydrogen) atoms. The predicted octanol–water partition coefficient (Wildman–Crippen LogP) is 4.58. The molecule has 0 amide bonds. The average molecular weight is 365 g/mol. The second-order valence-electron chi connectivity index (χ2n) is 9.90. The number of hydrogen-bond acceptors (Lipinski definition) is 4. The van der Waals surface area contributed by atoms with Gasteiger partial charge in [-0.15, -0.1) is 0 Å². The van der Waals surface area contributed by atoms with Crippen molar-refractivity contribution in [3.63, 3.8) is 0 Å². The van der Waals surface area contributed by atoms with E-state index in [9.17, 15) is 14.7 Å². The highest BCUT2D eigenvalue weighted by atomic mass is 16.3. The fourth-order valence-corrected chi connectivity index (χ4v) is 5.10. The summed E-state index contributed by atoms with van der Waals surface area (Å²) in [7, 11) is 0. The quantitative estimate of drug-likeness (QED) is 0.792. The average Bonchev–Trinajstić information content (AvgIpc) is 2.51. The Labute approximate surface area is 160 Å². The number of allylic oxidation sites excluding steroid dienone is 2. The van der Waals surface area contributed by atoms with E-state index < -0.39 is 11.8 Å². The molecule has 0 aromatic heterocycles. The minimum atomic E-state index is -0.435. The molecule has 4 heteroatoms. The van der Waals surface area contributed by atoms with Crippen LogP contribution < -0.4 is 0 Å². The van der Waals surface area contributed by atoms with Crippen molar-refractivity contribution in [1.29, 1.82) is 0 Å². The van der Waals surface area contributed by atoms with E-state index in [-0.39, 0.29) is 28.1 Å². The number of rotatable bonds is 1. The molecule has 3 aliphatic rings. The van der Waals surface area contributed by atoms with Crippen LogP contribution in [0.25, 0.3) is 0 Å². The SMILES string of the molecule is CC1(C)CC(=O)[C@H]2C(=NC3=C(C(=O)CC(C)(C)C3)[C@@H]2c2ccccc2O)C1. The fraction of sp³-hybridized carbons (Fsp3) is 0.522. The third-order valence-electron chi connectivity index (χ3n) is 6.11. The van der Waals surface area contributed by atoms with Gasteiger partial charge >= 0.3 is 0 Å². The van der Waals surface area contributed by atoms with Crippen LogP contribution in [-0.2, 0) is 9.59 Å². The smallest absolute Gasteiger partial charge is 0.161 e. The lowest BCUT2D eigenvalue weighted by Crippen LogP contribution is -2.45. The first-order chi connectivity index (χ1) is 12.6. The molecule has 1 aliphatic heterocycles. The number of nitrogens with zero attached hydrogens (tertiary/aromatic N) is 1. The van der Waals surface area contributed by atoms with Gasteiger partial charge < -0.3 is 5.11 Å². The standard InChI is InChI=1S/C23H27NO3/c1-22(2)9-14-20(17(26)11-22)19(13-7-5-6-8-16(13)25)21-15(24-14)10-23(3,4)12-18(21)27/h5-8,19-20,25H,9-12H2,1-4H3/t19-,20-/m1/s1. The van der Waals surface area contributed by atoms with Crippen molar-refractivity contribution in [2.45, 2.75) is 59.3 Å². The van der Waals surface area contributed by atoms with Crippen LogP contribution >= 0.6 is 0 Å². The predicted molar refractivity (Wildman–Crippen MR) is 105 cm³/mol. The van der Waals surface area contributed by atoms with E-state index in [1.807, 2.05) is 12.1 Å². The van der Waals surface area contributed by atoms with Crippen LogP contribution in [0.4, 0.5) is 0 Å². The van der Waals surface area contributed by atoms with Gasteiger partial charge in [-0.3, -0.25) is 14.6 Å². The number of benzene rings is 1. The van der Waals surface area contributed by atoms with Crippen LogP contribution in [-0.4, -0.2) is 22.4 Å². The molecule has 1 saturated carbocycles. The molecule has 0 radical (unpaired) electrons. The first-order valence-electron chi connectivity index (χ1n) is 9.72. The highest BCUT2D eigenvalue weighted by molar-refractivity contribution is 6.13. The van der Waals surface area contributed by atoms with Gasteiger partial charge in [0.1, 0.15) is 11.5 Å². The zero-order chi connectivity index (χ0) is 19.6. The summed E-state index contributed by atoms with van der Waals surface area (Å²) in [5.74, 6) is -0.514. The van der Waals surface area contributed by atoms with Gasteiger partial charge in [0, 0.05) is 41.3 Å². The minimum absolute atomic E-state index is 0.0648. The molecule has 1 aromatic carbocycles. The van der Waals surface area contributed by atoms with Crippen LogP contribution in [0.2, 0.25) is 0 Å². The van der Waals surface area contributed by atoms with Gasteiger partial charge in [-0.05, 0) is 29.7 Å². The fourth-order valence-electron chi connectivity index (χ4n) is 5.10. The zero-order valence-electron chi connectivity index (χ0n) is 16.5. The molecule has 142 valence electrons. The maximum atomic E-state index is 13.2. The third-order valence-corrected chi connectivity index (χ3v) is 6.11. The molecule has 0 unspecified atom stereocenters. The number of aromatic hydroxyl groups is 1. The molecular formula is C23H27NO3. The summed E-state index contributed by atoms with van der Waals surface area (Å²) in [6.45, 7) is 8.37. The number of hydrogen-bond donors (Lipinski definition) is 1. The van der Waals surface area contributed by atoms with Crippen LogP contribution in [0.15, 0.2) is 40.5 Å². The van der Waals surface area contributed by atoms with Gasteiger partial charge in [0.05, 0.1) is 5.92 Å². The van der Waals surface area contributed by atoms with Gasteiger partial charge in [0.15, 0.2) is 5.78 Å². The molecule has 2 aliphatic carbocycles. The van der Waals surface area contributed by atoms with Crippen LogP contribution in [0.5, 0.6) is 5.75 Å².